The molecular formula is C13H7Cl3FNO2. The van der Waals surface area contributed by atoms with Crippen LogP contribution >= 0.6 is 34.8 Å². The summed E-state index contributed by atoms with van der Waals surface area (Å²) in [6.07, 6.45) is 0. The molecule has 0 bridgehead atoms. The number of aromatic hydroxyl groups is 1. The Hall–Kier alpha value is -1.49. The van der Waals surface area contributed by atoms with Gasteiger partial charge in [-0.15, -0.1) is 0 Å². The van der Waals surface area contributed by atoms with Crippen LogP contribution in [0.15, 0.2) is 30.3 Å². The van der Waals surface area contributed by atoms with Crippen molar-refractivity contribution in [3.63, 3.8) is 0 Å². The van der Waals surface area contributed by atoms with E-state index in [1.54, 1.807) is 6.07 Å². The van der Waals surface area contributed by atoms with E-state index in [1.165, 1.54) is 12.1 Å². The highest BCUT2D eigenvalue weighted by atomic mass is 35.5. The molecule has 0 aliphatic rings. The fourth-order valence-corrected chi connectivity index (χ4v) is 2.12. The van der Waals surface area contributed by atoms with Crippen molar-refractivity contribution in [3.05, 3.63) is 56.8 Å². The standard InChI is InChI=1S/C13H7Cl3FNO2/c14-6-1-2-11(9(16)3-6)18-13(20)7-4-8(15)10(17)5-12(7)19/h1-5,19H,(H,18,20). The average Bonchev–Trinajstić information content (AvgIpc) is 2.37. The Balaban J connectivity index is 2.31. The van der Waals surface area contributed by atoms with E-state index in [9.17, 15) is 14.3 Å². The van der Waals surface area contributed by atoms with E-state index in [-0.39, 0.29) is 15.6 Å². The lowest BCUT2D eigenvalue weighted by atomic mass is 10.1. The summed E-state index contributed by atoms with van der Waals surface area (Å²) in [7, 11) is 0. The molecule has 2 rings (SSSR count). The number of benzene rings is 2. The topological polar surface area (TPSA) is 49.3 Å². The predicted molar refractivity (Wildman–Crippen MR) is 77.5 cm³/mol. The number of rotatable bonds is 2. The van der Waals surface area contributed by atoms with Crippen LogP contribution in [0.5, 0.6) is 5.75 Å². The van der Waals surface area contributed by atoms with E-state index < -0.39 is 17.5 Å². The van der Waals surface area contributed by atoms with Crippen LogP contribution in [-0.4, -0.2) is 11.0 Å². The SMILES string of the molecule is O=C(Nc1ccc(Cl)cc1Cl)c1cc(Cl)c(F)cc1O. The summed E-state index contributed by atoms with van der Waals surface area (Å²) < 4.78 is 13.1. The van der Waals surface area contributed by atoms with Crippen molar-refractivity contribution < 1.29 is 14.3 Å². The fraction of sp³-hybridized carbons (Fsp3) is 0. The Bertz CT molecular complexity index is 692. The molecule has 0 saturated carbocycles. The zero-order valence-electron chi connectivity index (χ0n) is 9.75. The minimum absolute atomic E-state index is 0.164. The highest BCUT2D eigenvalue weighted by Gasteiger charge is 2.16. The molecule has 0 aliphatic heterocycles. The van der Waals surface area contributed by atoms with Gasteiger partial charge in [0.2, 0.25) is 0 Å². The summed E-state index contributed by atoms with van der Waals surface area (Å²) in [6.45, 7) is 0. The summed E-state index contributed by atoms with van der Waals surface area (Å²) in [6, 6.07) is 6.30. The molecule has 1 amide bonds. The van der Waals surface area contributed by atoms with Crippen molar-refractivity contribution in [2.75, 3.05) is 5.32 Å². The third-order valence-corrected chi connectivity index (χ3v) is 3.30. The Morgan fingerprint density at radius 3 is 2.45 bits per heavy atom. The number of nitrogens with one attached hydrogen (secondary N) is 1. The lowest BCUT2D eigenvalue weighted by Gasteiger charge is -2.09. The first-order valence-corrected chi connectivity index (χ1v) is 6.46. The molecule has 0 aliphatic carbocycles. The lowest BCUT2D eigenvalue weighted by molar-refractivity contribution is 0.102. The van der Waals surface area contributed by atoms with Gasteiger partial charge in [-0.2, -0.15) is 0 Å². The number of carbonyl (C=O) groups excluding carboxylic acids is 1. The Labute approximate surface area is 128 Å². The highest BCUT2D eigenvalue weighted by molar-refractivity contribution is 6.37. The van der Waals surface area contributed by atoms with Gasteiger partial charge in [-0.1, -0.05) is 34.8 Å². The van der Waals surface area contributed by atoms with Crippen molar-refractivity contribution in [1.82, 2.24) is 0 Å². The summed E-state index contributed by atoms with van der Waals surface area (Å²) in [5, 5.41) is 12.4. The third-order valence-electron chi connectivity index (χ3n) is 2.46. The molecule has 104 valence electrons. The number of amides is 1. The quantitative estimate of drug-likeness (QED) is 0.833. The van der Waals surface area contributed by atoms with Crippen molar-refractivity contribution in [2.24, 2.45) is 0 Å². The van der Waals surface area contributed by atoms with E-state index >= 15 is 0 Å². The first-order chi connectivity index (χ1) is 9.38. The first kappa shape index (κ1) is 14.9. The lowest BCUT2D eigenvalue weighted by Crippen LogP contribution is -2.12. The maximum atomic E-state index is 13.1. The van der Waals surface area contributed by atoms with Gasteiger partial charge in [0.1, 0.15) is 11.6 Å². The molecule has 3 nitrogen and oxygen atoms in total. The molecule has 0 fully saturated rings. The molecule has 0 saturated heterocycles. The maximum Gasteiger partial charge on any atom is 0.259 e. The van der Waals surface area contributed by atoms with Gasteiger partial charge in [0.05, 0.1) is 21.3 Å². The molecule has 0 aromatic heterocycles. The van der Waals surface area contributed by atoms with Crippen LogP contribution in [0.3, 0.4) is 0 Å². The number of halogens is 4. The van der Waals surface area contributed by atoms with Crippen LogP contribution in [0.2, 0.25) is 15.1 Å². The van der Waals surface area contributed by atoms with Gasteiger partial charge in [-0.3, -0.25) is 4.79 Å². The molecule has 7 heteroatoms. The van der Waals surface area contributed by atoms with Crippen LogP contribution in [0.25, 0.3) is 0 Å². The molecule has 2 N–H and O–H groups in total. The summed E-state index contributed by atoms with van der Waals surface area (Å²) in [5.41, 5.74) is 0.142. The van der Waals surface area contributed by atoms with Crippen molar-refractivity contribution in [2.45, 2.75) is 0 Å². The zero-order chi connectivity index (χ0) is 14.9. The second-order valence-corrected chi connectivity index (χ2v) is 5.11. The number of hydrogen-bond acceptors (Lipinski definition) is 2. The van der Waals surface area contributed by atoms with Crippen LogP contribution in [-0.2, 0) is 0 Å². The minimum atomic E-state index is -0.815. The van der Waals surface area contributed by atoms with E-state index in [2.05, 4.69) is 5.32 Å². The normalized spacial score (nSPS) is 10.4. The molecule has 20 heavy (non-hydrogen) atoms. The number of carbonyl (C=O) groups is 1. The van der Waals surface area contributed by atoms with Gasteiger partial charge in [-0.05, 0) is 24.3 Å². The smallest absolute Gasteiger partial charge is 0.259 e. The third kappa shape index (κ3) is 3.15. The van der Waals surface area contributed by atoms with E-state index in [0.717, 1.165) is 12.1 Å². The van der Waals surface area contributed by atoms with E-state index in [4.69, 9.17) is 34.8 Å². The van der Waals surface area contributed by atoms with Crippen LogP contribution in [0, 0.1) is 5.82 Å². The average molecular weight is 335 g/mol. The molecule has 0 spiro atoms. The van der Waals surface area contributed by atoms with Crippen LogP contribution in [0.1, 0.15) is 10.4 Å². The monoisotopic (exact) mass is 333 g/mol. The number of phenolic OH excluding ortho intramolecular Hbond substituents is 1. The second kappa shape index (κ2) is 5.87. The Kier molecular flexibility index (Phi) is 4.38. The largest absolute Gasteiger partial charge is 0.507 e. The molecule has 2 aromatic rings. The van der Waals surface area contributed by atoms with Crippen LogP contribution < -0.4 is 5.32 Å². The maximum absolute atomic E-state index is 13.1. The number of anilines is 1. The molecular weight excluding hydrogens is 328 g/mol. The van der Waals surface area contributed by atoms with Gasteiger partial charge in [-0.25, -0.2) is 4.39 Å². The van der Waals surface area contributed by atoms with Gasteiger partial charge in [0.15, 0.2) is 0 Å². The van der Waals surface area contributed by atoms with Gasteiger partial charge < -0.3 is 10.4 Å². The molecule has 0 heterocycles. The fourth-order valence-electron chi connectivity index (χ4n) is 1.50. The second-order valence-electron chi connectivity index (χ2n) is 3.86. The minimum Gasteiger partial charge on any atom is -0.507 e. The summed E-state index contributed by atoms with van der Waals surface area (Å²) >= 11 is 17.2. The Morgan fingerprint density at radius 2 is 1.80 bits per heavy atom. The highest BCUT2D eigenvalue weighted by Crippen LogP contribution is 2.28. The molecule has 0 radical (unpaired) electrons. The Morgan fingerprint density at radius 1 is 1.10 bits per heavy atom. The number of hydrogen-bond donors (Lipinski definition) is 2. The molecule has 0 unspecified atom stereocenters. The summed E-state index contributed by atoms with van der Waals surface area (Å²) in [4.78, 5) is 12.0. The molecule has 0 atom stereocenters. The van der Waals surface area contributed by atoms with E-state index in [0.29, 0.717) is 10.7 Å². The van der Waals surface area contributed by atoms with Gasteiger partial charge >= 0.3 is 0 Å². The number of phenols is 1. The summed E-state index contributed by atoms with van der Waals surface area (Å²) in [5.74, 6) is -2.01. The first-order valence-electron chi connectivity index (χ1n) is 5.33. The van der Waals surface area contributed by atoms with Crippen molar-refractivity contribution >= 4 is 46.4 Å². The van der Waals surface area contributed by atoms with Crippen LogP contribution in [0.4, 0.5) is 10.1 Å². The van der Waals surface area contributed by atoms with Gasteiger partial charge in [0, 0.05) is 11.1 Å². The zero-order valence-corrected chi connectivity index (χ0v) is 12.0. The predicted octanol–water partition coefficient (Wildman–Crippen LogP) is 4.74. The van der Waals surface area contributed by atoms with Crippen molar-refractivity contribution in [1.29, 1.82) is 0 Å². The van der Waals surface area contributed by atoms with Crippen molar-refractivity contribution in [3.8, 4) is 5.75 Å². The van der Waals surface area contributed by atoms with Gasteiger partial charge in [0.25, 0.3) is 5.91 Å². The van der Waals surface area contributed by atoms with E-state index in [1.807, 2.05) is 0 Å². The molecule has 2 aromatic carbocycles.